The van der Waals surface area contributed by atoms with Crippen molar-refractivity contribution in [3.05, 3.63) is 87.9 Å². The van der Waals surface area contributed by atoms with E-state index in [4.69, 9.17) is 25.8 Å². The fourth-order valence-corrected chi connectivity index (χ4v) is 4.25. The van der Waals surface area contributed by atoms with Crippen LogP contribution in [0.2, 0.25) is 5.02 Å². The Hall–Kier alpha value is -3.32. The zero-order valence-electron chi connectivity index (χ0n) is 18.1. The van der Waals surface area contributed by atoms with Crippen LogP contribution in [0.25, 0.3) is 0 Å². The van der Waals surface area contributed by atoms with Crippen LogP contribution < -0.4 is 14.2 Å². The van der Waals surface area contributed by atoms with E-state index in [0.29, 0.717) is 30.2 Å². The molecule has 4 rings (SSSR count). The average molecular weight is 474 g/mol. The molecule has 33 heavy (non-hydrogen) atoms. The third-order valence-electron chi connectivity index (χ3n) is 5.66. The van der Waals surface area contributed by atoms with E-state index in [2.05, 4.69) is 0 Å². The third-order valence-corrected chi connectivity index (χ3v) is 5.98. The molecule has 0 radical (unpaired) electrons. The Morgan fingerprint density at radius 3 is 2.42 bits per heavy atom. The van der Waals surface area contributed by atoms with Crippen molar-refractivity contribution < 1.29 is 27.8 Å². The number of hydrogen-bond donors (Lipinski definition) is 0. The van der Waals surface area contributed by atoms with E-state index in [1.807, 2.05) is 6.07 Å². The third kappa shape index (κ3) is 4.59. The second kappa shape index (κ2) is 9.67. The van der Waals surface area contributed by atoms with Gasteiger partial charge in [0.15, 0.2) is 11.5 Å². The van der Waals surface area contributed by atoms with Crippen molar-refractivity contribution in [1.29, 1.82) is 0 Å². The molecule has 0 N–H and O–H groups in total. The van der Waals surface area contributed by atoms with Crippen molar-refractivity contribution in [3.8, 4) is 17.2 Å². The Bertz CT molecular complexity index is 1150. The molecule has 0 fully saturated rings. The van der Waals surface area contributed by atoms with Gasteiger partial charge in [-0.25, -0.2) is 8.78 Å². The molecule has 1 unspecified atom stereocenters. The molecule has 8 heteroatoms. The van der Waals surface area contributed by atoms with Gasteiger partial charge in [0.2, 0.25) is 0 Å². The van der Waals surface area contributed by atoms with Crippen molar-refractivity contribution in [2.75, 3.05) is 27.4 Å². The summed E-state index contributed by atoms with van der Waals surface area (Å²) in [5.74, 6) is -0.0869. The predicted molar refractivity (Wildman–Crippen MR) is 120 cm³/mol. The van der Waals surface area contributed by atoms with Gasteiger partial charge in [0, 0.05) is 6.54 Å². The van der Waals surface area contributed by atoms with Crippen molar-refractivity contribution in [3.63, 3.8) is 0 Å². The monoisotopic (exact) mass is 473 g/mol. The first-order valence-electron chi connectivity index (χ1n) is 10.3. The highest BCUT2D eigenvalue weighted by Gasteiger charge is 2.35. The molecule has 0 spiro atoms. The maximum atomic E-state index is 14.5. The van der Waals surface area contributed by atoms with Gasteiger partial charge in [-0.1, -0.05) is 17.7 Å². The van der Waals surface area contributed by atoms with E-state index in [9.17, 15) is 13.6 Å². The number of ether oxygens (including phenoxy) is 3. The molecule has 1 amide bonds. The molecule has 1 atom stereocenters. The van der Waals surface area contributed by atoms with Crippen molar-refractivity contribution in [1.82, 2.24) is 4.90 Å². The van der Waals surface area contributed by atoms with Gasteiger partial charge in [0.05, 0.1) is 30.8 Å². The Labute approximate surface area is 195 Å². The van der Waals surface area contributed by atoms with E-state index in [1.165, 1.54) is 49.6 Å². The maximum absolute atomic E-state index is 14.5. The van der Waals surface area contributed by atoms with Gasteiger partial charge >= 0.3 is 0 Å². The van der Waals surface area contributed by atoms with Gasteiger partial charge in [-0.15, -0.1) is 0 Å². The van der Waals surface area contributed by atoms with Crippen LogP contribution in [0, 0.1) is 11.6 Å². The Balaban J connectivity index is 1.74. The second-order valence-electron chi connectivity index (χ2n) is 7.53. The van der Waals surface area contributed by atoms with Gasteiger partial charge in [-0.3, -0.25) is 4.79 Å². The van der Waals surface area contributed by atoms with Crippen molar-refractivity contribution >= 4 is 17.5 Å². The summed E-state index contributed by atoms with van der Waals surface area (Å²) in [5.41, 5.74) is 1.57. The lowest BCUT2D eigenvalue weighted by molar-refractivity contribution is 0.0584. The number of amides is 1. The van der Waals surface area contributed by atoms with Crippen LogP contribution in [0.5, 0.6) is 17.2 Å². The molecule has 0 aliphatic carbocycles. The van der Waals surface area contributed by atoms with Crippen molar-refractivity contribution in [2.24, 2.45) is 0 Å². The first-order chi connectivity index (χ1) is 15.9. The highest BCUT2D eigenvalue weighted by Crippen LogP contribution is 2.39. The first kappa shape index (κ1) is 22.9. The van der Waals surface area contributed by atoms with E-state index < -0.39 is 17.8 Å². The molecule has 1 aliphatic rings. The number of nitrogens with zero attached hydrogens (tertiary/aromatic N) is 1. The van der Waals surface area contributed by atoms with E-state index in [-0.39, 0.29) is 23.0 Å². The quantitative estimate of drug-likeness (QED) is 0.477. The summed E-state index contributed by atoms with van der Waals surface area (Å²) in [6, 6.07) is 12.8. The summed E-state index contributed by atoms with van der Waals surface area (Å²) in [6.45, 7) is 0.384. The standard InChI is InChI=1S/C25H22ClF2NO4/c1-31-22-12-15-10-11-29(25(30)24-19(26)4-3-5-20(24)28)21(18(15)13-23(22)32-2)14-33-17-8-6-16(27)7-9-17/h3-9,12-13,21H,10-11,14H2,1-2H3. The summed E-state index contributed by atoms with van der Waals surface area (Å²) < 4.78 is 44.6. The Morgan fingerprint density at radius 2 is 1.76 bits per heavy atom. The van der Waals surface area contributed by atoms with E-state index in [0.717, 1.165) is 11.1 Å². The summed E-state index contributed by atoms with van der Waals surface area (Å²) in [6.07, 6.45) is 0.528. The van der Waals surface area contributed by atoms with Gasteiger partial charge in [0.1, 0.15) is 24.0 Å². The normalized spacial score (nSPS) is 15.1. The minimum atomic E-state index is -0.691. The van der Waals surface area contributed by atoms with Crippen LogP contribution in [0.3, 0.4) is 0 Å². The van der Waals surface area contributed by atoms with Gasteiger partial charge in [0.25, 0.3) is 5.91 Å². The minimum absolute atomic E-state index is 0.0383. The number of rotatable bonds is 6. The molecule has 1 heterocycles. The number of carbonyl (C=O) groups is 1. The molecule has 0 saturated carbocycles. The summed E-state index contributed by atoms with van der Waals surface area (Å²) >= 11 is 6.18. The topological polar surface area (TPSA) is 48.0 Å². The molecular formula is C25H22ClF2NO4. The summed E-state index contributed by atoms with van der Waals surface area (Å²) in [4.78, 5) is 15.0. The van der Waals surface area contributed by atoms with Gasteiger partial charge in [-0.05, 0) is 66.1 Å². The number of benzene rings is 3. The van der Waals surface area contributed by atoms with Crippen LogP contribution in [0.4, 0.5) is 8.78 Å². The van der Waals surface area contributed by atoms with Gasteiger partial charge < -0.3 is 19.1 Å². The lowest BCUT2D eigenvalue weighted by Crippen LogP contribution is -2.43. The van der Waals surface area contributed by atoms with Crippen LogP contribution in [-0.2, 0) is 6.42 Å². The molecule has 5 nitrogen and oxygen atoms in total. The molecular weight excluding hydrogens is 452 g/mol. The highest BCUT2D eigenvalue weighted by molar-refractivity contribution is 6.33. The molecule has 3 aromatic carbocycles. The maximum Gasteiger partial charge on any atom is 0.259 e. The van der Waals surface area contributed by atoms with Crippen LogP contribution in [0.1, 0.15) is 27.5 Å². The van der Waals surface area contributed by atoms with Gasteiger partial charge in [-0.2, -0.15) is 0 Å². The number of fused-ring (bicyclic) bond motifs is 1. The Morgan fingerprint density at radius 1 is 1.06 bits per heavy atom. The highest BCUT2D eigenvalue weighted by atomic mass is 35.5. The molecule has 0 bridgehead atoms. The molecule has 0 saturated heterocycles. The number of halogens is 3. The smallest absolute Gasteiger partial charge is 0.259 e. The lowest BCUT2D eigenvalue weighted by atomic mass is 9.91. The first-order valence-corrected chi connectivity index (χ1v) is 10.7. The van der Waals surface area contributed by atoms with Crippen LogP contribution in [0.15, 0.2) is 54.6 Å². The molecule has 3 aromatic rings. The average Bonchev–Trinajstić information content (AvgIpc) is 2.82. The largest absolute Gasteiger partial charge is 0.493 e. The van der Waals surface area contributed by atoms with E-state index in [1.54, 1.807) is 18.1 Å². The number of hydrogen-bond acceptors (Lipinski definition) is 4. The van der Waals surface area contributed by atoms with Crippen LogP contribution >= 0.6 is 11.6 Å². The SMILES string of the molecule is COc1cc2c(cc1OC)C(COc1ccc(F)cc1)N(C(=O)c1c(F)cccc1Cl)CC2. The molecule has 172 valence electrons. The van der Waals surface area contributed by atoms with E-state index >= 15 is 0 Å². The lowest BCUT2D eigenvalue weighted by Gasteiger charge is -2.38. The predicted octanol–water partition coefficient (Wildman–Crippen LogP) is 5.45. The summed E-state index contributed by atoms with van der Waals surface area (Å²) in [7, 11) is 3.08. The van der Waals surface area contributed by atoms with Crippen molar-refractivity contribution in [2.45, 2.75) is 12.5 Å². The van der Waals surface area contributed by atoms with Crippen LogP contribution in [-0.4, -0.2) is 38.2 Å². The number of methoxy groups -OCH3 is 2. The zero-order valence-corrected chi connectivity index (χ0v) is 18.9. The molecule has 0 aromatic heterocycles. The number of carbonyl (C=O) groups excluding carboxylic acids is 1. The summed E-state index contributed by atoms with van der Waals surface area (Å²) in [5, 5.41) is 0.0383. The Kier molecular flexibility index (Phi) is 6.70. The fourth-order valence-electron chi connectivity index (χ4n) is 4.00. The zero-order chi connectivity index (χ0) is 23.5. The fraction of sp³-hybridized carbons (Fsp3) is 0.240. The molecule has 1 aliphatic heterocycles. The minimum Gasteiger partial charge on any atom is -0.493 e. The second-order valence-corrected chi connectivity index (χ2v) is 7.94.